The van der Waals surface area contributed by atoms with Crippen molar-refractivity contribution >= 4 is 11.9 Å². The van der Waals surface area contributed by atoms with Crippen LogP contribution in [0.15, 0.2) is 42.5 Å². The van der Waals surface area contributed by atoms with Gasteiger partial charge in [0.05, 0.1) is 12.8 Å². The van der Waals surface area contributed by atoms with Gasteiger partial charge in [-0.25, -0.2) is 8.78 Å². The standard InChI is InChI=1S/C19H18F2O4/c1-12(2)13-3-5-16(6-4-13)24-18(22)7-8-19(23)25-17-10-14(20)9-15(21)11-17/h3-6,9-12H,7-8H2,1-2H3. The molecule has 0 amide bonds. The van der Waals surface area contributed by atoms with Gasteiger partial charge in [-0.15, -0.1) is 0 Å². The SMILES string of the molecule is CC(C)c1ccc(OC(=O)CCC(=O)Oc2cc(F)cc(F)c2)cc1. The first-order valence-electron chi connectivity index (χ1n) is 7.81. The van der Waals surface area contributed by atoms with E-state index in [0.717, 1.165) is 17.7 Å². The maximum Gasteiger partial charge on any atom is 0.311 e. The Balaban J connectivity index is 1.81. The Kier molecular flexibility index (Phi) is 6.22. The van der Waals surface area contributed by atoms with Crippen LogP contribution in [0.1, 0.15) is 38.2 Å². The van der Waals surface area contributed by atoms with Crippen molar-refractivity contribution in [3.63, 3.8) is 0 Å². The molecule has 2 rings (SSSR count). The number of halogens is 2. The second-order valence-corrected chi connectivity index (χ2v) is 5.78. The Morgan fingerprint density at radius 3 is 1.80 bits per heavy atom. The third kappa shape index (κ3) is 5.99. The maximum atomic E-state index is 13.0. The van der Waals surface area contributed by atoms with E-state index >= 15 is 0 Å². The van der Waals surface area contributed by atoms with E-state index in [1.54, 1.807) is 12.1 Å². The van der Waals surface area contributed by atoms with E-state index in [9.17, 15) is 18.4 Å². The molecule has 0 aromatic heterocycles. The number of hydrogen-bond acceptors (Lipinski definition) is 4. The summed E-state index contributed by atoms with van der Waals surface area (Å²) in [4.78, 5) is 23.4. The molecule has 0 unspecified atom stereocenters. The van der Waals surface area contributed by atoms with Crippen molar-refractivity contribution in [2.75, 3.05) is 0 Å². The lowest BCUT2D eigenvalue weighted by molar-refractivity contribution is -0.140. The van der Waals surface area contributed by atoms with E-state index in [0.29, 0.717) is 17.7 Å². The highest BCUT2D eigenvalue weighted by Crippen LogP contribution is 2.19. The van der Waals surface area contributed by atoms with Crippen LogP contribution in [-0.4, -0.2) is 11.9 Å². The Morgan fingerprint density at radius 1 is 0.840 bits per heavy atom. The highest BCUT2D eigenvalue weighted by atomic mass is 19.1. The lowest BCUT2D eigenvalue weighted by atomic mass is 10.0. The normalized spacial score (nSPS) is 10.6. The van der Waals surface area contributed by atoms with Crippen molar-refractivity contribution in [3.8, 4) is 11.5 Å². The molecule has 0 spiro atoms. The molecule has 0 bridgehead atoms. The van der Waals surface area contributed by atoms with Crippen LogP contribution >= 0.6 is 0 Å². The quantitative estimate of drug-likeness (QED) is 0.574. The molecule has 0 saturated heterocycles. The minimum atomic E-state index is -0.855. The molecule has 132 valence electrons. The maximum absolute atomic E-state index is 13.0. The number of esters is 2. The zero-order valence-corrected chi connectivity index (χ0v) is 13.9. The van der Waals surface area contributed by atoms with Crippen LogP contribution in [0.5, 0.6) is 11.5 Å². The number of ether oxygens (including phenoxy) is 2. The molecule has 4 nitrogen and oxygen atoms in total. The van der Waals surface area contributed by atoms with Crippen LogP contribution in [0, 0.1) is 11.6 Å². The molecule has 0 atom stereocenters. The number of rotatable bonds is 6. The van der Waals surface area contributed by atoms with Gasteiger partial charge in [0.1, 0.15) is 23.1 Å². The number of benzene rings is 2. The smallest absolute Gasteiger partial charge is 0.311 e. The summed E-state index contributed by atoms with van der Waals surface area (Å²) >= 11 is 0. The second kappa shape index (κ2) is 8.37. The van der Waals surface area contributed by atoms with Crippen molar-refractivity contribution in [1.82, 2.24) is 0 Å². The summed E-state index contributed by atoms with van der Waals surface area (Å²) in [6, 6.07) is 9.52. The van der Waals surface area contributed by atoms with Gasteiger partial charge in [0.15, 0.2) is 0 Å². The van der Waals surface area contributed by atoms with Crippen LogP contribution in [0.2, 0.25) is 0 Å². The molecule has 6 heteroatoms. The fourth-order valence-corrected chi connectivity index (χ4v) is 2.08. The minimum absolute atomic E-state index is 0.206. The molecule has 0 N–H and O–H groups in total. The molecule has 0 saturated carbocycles. The highest BCUT2D eigenvalue weighted by molar-refractivity contribution is 5.80. The van der Waals surface area contributed by atoms with Gasteiger partial charge < -0.3 is 9.47 Å². The van der Waals surface area contributed by atoms with Gasteiger partial charge in [-0.2, -0.15) is 0 Å². The van der Waals surface area contributed by atoms with Gasteiger partial charge in [-0.3, -0.25) is 9.59 Å². The first kappa shape index (κ1) is 18.6. The molecule has 25 heavy (non-hydrogen) atoms. The Morgan fingerprint density at radius 2 is 1.32 bits per heavy atom. The van der Waals surface area contributed by atoms with Crippen LogP contribution in [0.25, 0.3) is 0 Å². The molecule has 2 aromatic carbocycles. The van der Waals surface area contributed by atoms with Crippen LogP contribution < -0.4 is 9.47 Å². The summed E-state index contributed by atoms with van der Waals surface area (Å²) in [5.41, 5.74) is 1.12. The van der Waals surface area contributed by atoms with Crippen LogP contribution in [0.4, 0.5) is 8.78 Å². The van der Waals surface area contributed by atoms with E-state index in [4.69, 9.17) is 9.47 Å². The van der Waals surface area contributed by atoms with Crippen molar-refractivity contribution in [2.24, 2.45) is 0 Å². The predicted octanol–water partition coefficient (Wildman–Crippen LogP) is 4.38. The van der Waals surface area contributed by atoms with Gasteiger partial charge in [0.25, 0.3) is 0 Å². The molecular formula is C19H18F2O4. The largest absolute Gasteiger partial charge is 0.427 e. The zero-order chi connectivity index (χ0) is 18.4. The number of carbonyl (C=O) groups excluding carboxylic acids is 2. The van der Waals surface area contributed by atoms with E-state index in [-0.39, 0.29) is 18.6 Å². The molecule has 0 fully saturated rings. The van der Waals surface area contributed by atoms with Crippen LogP contribution in [-0.2, 0) is 9.59 Å². The average molecular weight is 348 g/mol. The van der Waals surface area contributed by atoms with Gasteiger partial charge in [-0.1, -0.05) is 26.0 Å². The van der Waals surface area contributed by atoms with Gasteiger partial charge in [-0.05, 0) is 23.6 Å². The fourth-order valence-electron chi connectivity index (χ4n) is 2.08. The third-order valence-electron chi connectivity index (χ3n) is 3.38. The van der Waals surface area contributed by atoms with E-state index in [1.807, 2.05) is 12.1 Å². The molecular weight excluding hydrogens is 330 g/mol. The van der Waals surface area contributed by atoms with E-state index < -0.39 is 23.6 Å². The molecule has 0 aliphatic rings. The summed E-state index contributed by atoms with van der Waals surface area (Å²) < 4.78 is 35.9. The number of carbonyl (C=O) groups is 2. The van der Waals surface area contributed by atoms with E-state index in [1.165, 1.54) is 0 Å². The second-order valence-electron chi connectivity index (χ2n) is 5.78. The molecule has 0 aliphatic carbocycles. The Hall–Kier alpha value is -2.76. The average Bonchev–Trinajstić information content (AvgIpc) is 2.52. The zero-order valence-electron chi connectivity index (χ0n) is 13.9. The number of hydrogen-bond donors (Lipinski definition) is 0. The van der Waals surface area contributed by atoms with Crippen molar-refractivity contribution < 1.29 is 27.8 Å². The third-order valence-corrected chi connectivity index (χ3v) is 3.38. The fraction of sp³-hybridized carbons (Fsp3) is 0.263. The minimum Gasteiger partial charge on any atom is -0.427 e. The first-order chi connectivity index (χ1) is 11.8. The Labute approximate surface area is 144 Å². The molecule has 0 aliphatic heterocycles. The van der Waals surface area contributed by atoms with Crippen LogP contribution in [0.3, 0.4) is 0 Å². The van der Waals surface area contributed by atoms with Crippen molar-refractivity contribution in [3.05, 3.63) is 59.7 Å². The van der Waals surface area contributed by atoms with E-state index in [2.05, 4.69) is 13.8 Å². The Bertz CT molecular complexity index is 734. The summed E-state index contributed by atoms with van der Waals surface area (Å²) in [7, 11) is 0. The summed E-state index contributed by atoms with van der Waals surface area (Å²) in [6.07, 6.45) is -0.469. The monoisotopic (exact) mass is 348 g/mol. The summed E-state index contributed by atoms with van der Waals surface area (Å²) in [5.74, 6) is -2.59. The predicted molar refractivity (Wildman–Crippen MR) is 87.4 cm³/mol. The lowest BCUT2D eigenvalue weighted by Gasteiger charge is -2.08. The molecule has 2 aromatic rings. The first-order valence-corrected chi connectivity index (χ1v) is 7.81. The van der Waals surface area contributed by atoms with Gasteiger partial charge >= 0.3 is 11.9 Å². The van der Waals surface area contributed by atoms with Crippen molar-refractivity contribution in [2.45, 2.75) is 32.6 Å². The lowest BCUT2D eigenvalue weighted by Crippen LogP contribution is -2.14. The summed E-state index contributed by atoms with van der Waals surface area (Å²) in [6.45, 7) is 4.11. The molecule has 0 radical (unpaired) electrons. The van der Waals surface area contributed by atoms with Gasteiger partial charge in [0.2, 0.25) is 0 Å². The topological polar surface area (TPSA) is 52.6 Å². The summed E-state index contributed by atoms with van der Waals surface area (Å²) in [5, 5.41) is 0. The molecule has 0 heterocycles. The highest BCUT2D eigenvalue weighted by Gasteiger charge is 2.12. The van der Waals surface area contributed by atoms with Gasteiger partial charge in [0, 0.05) is 18.2 Å². The van der Waals surface area contributed by atoms with Crippen molar-refractivity contribution in [1.29, 1.82) is 0 Å².